The van der Waals surface area contributed by atoms with Gasteiger partial charge in [0.2, 0.25) is 0 Å². The maximum atomic E-state index is 12.5. The molecule has 0 radical (unpaired) electrons. The molecule has 6 heteroatoms. The number of hydrogen-bond donors (Lipinski definition) is 1. The zero-order valence-corrected chi connectivity index (χ0v) is 16.3. The molecule has 2 amide bonds. The molecule has 1 fully saturated rings. The number of carbonyl (C=O) groups excluding carboxylic acids is 1. The van der Waals surface area contributed by atoms with Crippen LogP contribution in [0.3, 0.4) is 0 Å². The van der Waals surface area contributed by atoms with E-state index in [4.69, 9.17) is 4.74 Å². The molecule has 144 valence electrons. The number of piperazine rings is 1. The van der Waals surface area contributed by atoms with Gasteiger partial charge in [0.25, 0.3) is 0 Å². The summed E-state index contributed by atoms with van der Waals surface area (Å²) in [7, 11) is 5.67. The summed E-state index contributed by atoms with van der Waals surface area (Å²) in [6, 6.07) is 16.0. The van der Waals surface area contributed by atoms with E-state index in [1.54, 1.807) is 7.11 Å². The third kappa shape index (κ3) is 5.14. The molecular formula is C21H28N4O2. The van der Waals surface area contributed by atoms with Crippen LogP contribution in [0.1, 0.15) is 5.56 Å². The maximum absolute atomic E-state index is 12.5. The molecule has 2 aromatic rings. The molecule has 6 nitrogen and oxygen atoms in total. The zero-order chi connectivity index (χ0) is 19.2. The number of nitrogens with one attached hydrogen (secondary N) is 1. The van der Waals surface area contributed by atoms with Gasteiger partial charge in [0.15, 0.2) is 0 Å². The molecule has 27 heavy (non-hydrogen) atoms. The fourth-order valence-corrected chi connectivity index (χ4v) is 3.14. The standard InChI is InChI=1S/C21H28N4O2/c1-23(2)19-8-6-18(7-9-19)22-21(26)25-14-12-24(13-15-25)16-17-4-10-20(27-3)11-5-17/h4-11H,12-16H2,1-3H3,(H,22,26). The highest BCUT2D eigenvalue weighted by atomic mass is 16.5. The van der Waals surface area contributed by atoms with Crippen LogP contribution in [0.5, 0.6) is 5.75 Å². The molecule has 0 saturated carbocycles. The van der Waals surface area contributed by atoms with Gasteiger partial charge in [-0.1, -0.05) is 12.1 Å². The topological polar surface area (TPSA) is 48.1 Å². The van der Waals surface area contributed by atoms with Crippen LogP contribution < -0.4 is 15.0 Å². The minimum atomic E-state index is -0.0308. The molecular weight excluding hydrogens is 340 g/mol. The van der Waals surface area contributed by atoms with Crippen molar-refractivity contribution in [2.75, 3.05) is 57.6 Å². The first kappa shape index (κ1) is 19.0. The number of anilines is 2. The Labute approximate surface area is 161 Å². The highest BCUT2D eigenvalue weighted by Gasteiger charge is 2.21. The summed E-state index contributed by atoms with van der Waals surface area (Å²) < 4.78 is 5.20. The summed E-state index contributed by atoms with van der Waals surface area (Å²) in [5, 5.41) is 2.99. The average Bonchev–Trinajstić information content (AvgIpc) is 2.69. The second-order valence-corrected chi connectivity index (χ2v) is 6.98. The molecule has 2 aromatic carbocycles. The van der Waals surface area contributed by atoms with Gasteiger partial charge >= 0.3 is 6.03 Å². The fourth-order valence-electron chi connectivity index (χ4n) is 3.14. The van der Waals surface area contributed by atoms with E-state index < -0.39 is 0 Å². The Balaban J connectivity index is 1.47. The fraction of sp³-hybridized carbons (Fsp3) is 0.381. The predicted molar refractivity (Wildman–Crippen MR) is 110 cm³/mol. The molecule has 0 unspecified atom stereocenters. The van der Waals surface area contributed by atoms with E-state index in [0.717, 1.165) is 49.8 Å². The van der Waals surface area contributed by atoms with Crippen LogP contribution in [0.4, 0.5) is 16.2 Å². The minimum absolute atomic E-state index is 0.0308. The van der Waals surface area contributed by atoms with Crippen molar-refractivity contribution in [1.29, 1.82) is 0 Å². The second kappa shape index (κ2) is 8.77. The first-order valence-corrected chi connectivity index (χ1v) is 9.24. The van der Waals surface area contributed by atoms with Gasteiger partial charge in [-0.25, -0.2) is 4.79 Å². The van der Waals surface area contributed by atoms with E-state index in [9.17, 15) is 4.79 Å². The Morgan fingerprint density at radius 2 is 1.63 bits per heavy atom. The van der Waals surface area contributed by atoms with Crippen LogP contribution in [-0.4, -0.2) is 63.2 Å². The molecule has 1 aliphatic heterocycles. The Bertz CT molecular complexity index is 736. The van der Waals surface area contributed by atoms with Gasteiger partial charge in [-0.05, 0) is 42.0 Å². The largest absolute Gasteiger partial charge is 0.497 e. The van der Waals surface area contributed by atoms with Gasteiger partial charge < -0.3 is 19.9 Å². The number of carbonyl (C=O) groups is 1. The van der Waals surface area contributed by atoms with Crippen LogP contribution in [0, 0.1) is 0 Å². The van der Waals surface area contributed by atoms with Gasteiger partial charge in [-0.3, -0.25) is 4.90 Å². The molecule has 0 spiro atoms. The Kier molecular flexibility index (Phi) is 6.19. The first-order valence-electron chi connectivity index (χ1n) is 9.24. The molecule has 3 rings (SSSR count). The molecule has 1 aliphatic rings. The number of nitrogens with zero attached hydrogens (tertiary/aromatic N) is 3. The van der Waals surface area contributed by atoms with Gasteiger partial charge in [0.1, 0.15) is 5.75 Å². The third-order valence-corrected chi connectivity index (χ3v) is 4.86. The molecule has 0 atom stereocenters. The van der Waals surface area contributed by atoms with Crippen molar-refractivity contribution < 1.29 is 9.53 Å². The van der Waals surface area contributed by atoms with Crippen molar-refractivity contribution in [3.05, 3.63) is 54.1 Å². The molecule has 1 N–H and O–H groups in total. The Morgan fingerprint density at radius 3 is 2.19 bits per heavy atom. The number of benzene rings is 2. The highest BCUT2D eigenvalue weighted by Crippen LogP contribution is 2.17. The van der Waals surface area contributed by atoms with E-state index >= 15 is 0 Å². The summed E-state index contributed by atoms with van der Waals surface area (Å²) >= 11 is 0. The van der Waals surface area contributed by atoms with E-state index in [2.05, 4.69) is 22.3 Å². The summed E-state index contributed by atoms with van der Waals surface area (Å²) in [6.07, 6.45) is 0. The zero-order valence-electron chi connectivity index (χ0n) is 16.3. The van der Waals surface area contributed by atoms with Crippen LogP contribution in [0.15, 0.2) is 48.5 Å². The van der Waals surface area contributed by atoms with Gasteiger partial charge in [0.05, 0.1) is 7.11 Å². The quantitative estimate of drug-likeness (QED) is 0.881. The van der Waals surface area contributed by atoms with Crippen molar-refractivity contribution in [2.24, 2.45) is 0 Å². The van der Waals surface area contributed by atoms with E-state index in [-0.39, 0.29) is 6.03 Å². The van der Waals surface area contributed by atoms with Crippen molar-refractivity contribution in [3.63, 3.8) is 0 Å². The van der Waals surface area contributed by atoms with Crippen molar-refractivity contribution in [2.45, 2.75) is 6.54 Å². The normalized spacial score (nSPS) is 14.7. The lowest BCUT2D eigenvalue weighted by molar-refractivity contribution is 0.143. The van der Waals surface area contributed by atoms with Crippen molar-refractivity contribution in [1.82, 2.24) is 9.80 Å². The molecule has 1 heterocycles. The maximum Gasteiger partial charge on any atom is 0.321 e. The van der Waals surface area contributed by atoms with Crippen LogP contribution >= 0.6 is 0 Å². The lowest BCUT2D eigenvalue weighted by Gasteiger charge is -2.34. The third-order valence-electron chi connectivity index (χ3n) is 4.86. The number of rotatable bonds is 5. The van der Waals surface area contributed by atoms with Crippen molar-refractivity contribution >= 4 is 17.4 Å². The number of urea groups is 1. The summed E-state index contributed by atoms with van der Waals surface area (Å²) in [6.45, 7) is 4.11. The van der Waals surface area contributed by atoms with E-state index in [1.807, 2.05) is 60.3 Å². The molecule has 0 aromatic heterocycles. The molecule has 1 saturated heterocycles. The smallest absolute Gasteiger partial charge is 0.321 e. The number of hydrogen-bond acceptors (Lipinski definition) is 4. The van der Waals surface area contributed by atoms with Gasteiger partial charge in [0, 0.05) is 58.2 Å². The average molecular weight is 368 g/mol. The van der Waals surface area contributed by atoms with Crippen LogP contribution in [0.2, 0.25) is 0 Å². The van der Waals surface area contributed by atoms with Crippen LogP contribution in [0.25, 0.3) is 0 Å². The summed E-state index contributed by atoms with van der Waals surface area (Å²) in [4.78, 5) is 18.8. The second-order valence-electron chi connectivity index (χ2n) is 6.98. The lowest BCUT2D eigenvalue weighted by atomic mass is 10.2. The first-order chi connectivity index (χ1) is 13.0. The van der Waals surface area contributed by atoms with E-state index in [1.165, 1.54) is 5.56 Å². The Morgan fingerprint density at radius 1 is 1.00 bits per heavy atom. The highest BCUT2D eigenvalue weighted by molar-refractivity contribution is 5.89. The SMILES string of the molecule is COc1ccc(CN2CCN(C(=O)Nc3ccc(N(C)C)cc3)CC2)cc1. The predicted octanol–water partition coefficient (Wildman–Crippen LogP) is 3.11. The van der Waals surface area contributed by atoms with Gasteiger partial charge in [-0.2, -0.15) is 0 Å². The lowest BCUT2D eigenvalue weighted by Crippen LogP contribution is -2.49. The molecule has 0 bridgehead atoms. The summed E-state index contributed by atoms with van der Waals surface area (Å²) in [5.74, 6) is 0.874. The van der Waals surface area contributed by atoms with Gasteiger partial charge in [-0.15, -0.1) is 0 Å². The van der Waals surface area contributed by atoms with Crippen LogP contribution in [-0.2, 0) is 6.54 Å². The molecule has 0 aliphatic carbocycles. The number of methoxy groups -OCH3 is 1. The van der Waals surface area contributed by atoms with E-state index in [0.29, 0.717) is 0 Å². The minimum Gasteiger partial charge on any atom is -0.497 e. The number of ether oxygens (including phenoxy) is 1. The summed E-state index contributed by atoms with van der Waals surface area (Å²) in [5.41, 5.74) is 3.20. The number of amides is 2. The monoisotopic (exact) mass is 368 g/mol. The van der Waals surface area contributed by atoms with Crippen molar-refractivity contribution in [3.8, 4) is 5.75 Å². The Hall–Kier alpha value is -2.73.